The highest BCUT2D eigenvalue weighted by Gasteiger charge is 2.36. The normalized spacial score (nSPS) is 27.0. The smallest absolute Gasteiger partial charge is 0.310 e. The number of carboxylic acids is 1. The second-order valence-corrected chi connectivity index (χ2v) is 9.24. The van der Waals surface area contributed by atoms with Crippen LogP contribution in [0.5, 0.6) is 0 Å². The van der Waals surface area contributed by atoms with E-state index >= 15 is 0 Å². The maximum atomic E-state index is 12.3. The van der Waals surface area contributed by atoms with E-state index in [0.717, 1.165) is 43.6 Å². The second kappa shape index (κ2) is 11.4. The molecule has 0 saturated heterocycles. The van der Waals surface area contributed by atoms with Gasteiger partial charge in [-0.05, 0) is 49.2 Å². The third-order valence-electron chi connectivity index (χ3n) is 7.01. The molecule has 2 N–H and O–H groups in total. The fourth-order valence-corrected chi connectivity index (χ4v) is 4.94. The first-order chi connectivity index (χ1) is 15.0. The Balaban J connectivity index is 1.40. The fraction of sp³-hybridized carbons (Fsp3) is 0.556. The van der Waals surface area contributed by atoms with Crippen molar-refractivity contribution in [3.63, 3.8) is 0 Å². The molecule has 3 rings (SSSR count). The Hall–Kier alpha value is -2.20. The van der Waals surface area contributed by atoms with Crippen molar-refractivity contribution >= 4 is 11.8 Å². The summed E-state index contributed by atoms with van der Waals surface area (Å²) in [6, 6.07) is 9.40. The topological polar surface area (TPSA) is 74.6 Å². The fourth-order valence-electron chi connectivity index (χ4n) is 4.94. The quantitative estimate of drug-likeness (QED) is 0.322. The molecule has 1 aromatic rings. The number of unbranched alkanes of at least 4 members (excludes halogenated alkanes) is 2. The van der Waals surface area contributed by atoms with E-state index in [-0.39, 0.29) is 17.6 Å². The van der Waals surface area contributed by atoms with E-state index in [1.807, 2.05) is 48.6 Å². The summed E-state index contributed by atoms with van der Waals surface area (Å²) < 4.78 is 0. The summed E-state index contributed by atoms with van der Waals surface area (Å²) in [7, 11) is 0. The number of aliphatic hydroxyl groups is 1. The molecule has 1 fully saturated rings. The van der Waals surface area contributed by atoms with Gasteiger partial charge in [0.1, 0.15) is 0 Å². The second-order valence-electron chi connectivity index (χ2n) is 9.24. The molecule has 0 aromatic heterocycles. The van der Waals surface area contributed by atoms with Gasteiger partial charge in [-0.25, -0.2) is 0 Å². The van der Waals surface area contributed by atoms with Crippen LogP contribution in [0.1, 0.15) is 69.8 Å². The monoisotopic (exact) mass is 424 g/mol. The maximum Gasteiger partial charge on any atom is 0.310 e. The van der Waals surface area contributed by atoms with Crippen LogP contribution in [0.2, 0.25) is 0 Å². The van der Waals surface area contributed by atoms with Gasteiger partial charge in [-0.3, -0.25) is 9.59 Å². The molecule has 0 heterocycles. The zero-order valence-corrected chi connectivity index (χ0v) is 18.5. The molecule has 6 atom stereocenters. The number of rotatable bonds is 13. The SMILES string of the molecule is CCC1CC1CC(O)/C=C/[C@H]1C=CC(=O)[C@@H]1CCCCCC(C(=O)O)c1ccccc1. The average Bonchev–Trinajstić information content (AvgIpc) is 3.42. The van der Waals surface area contributed by atoms with Crippen LogP contribution in [0.4, 0.5) is 0 Å². The predicted octanol–water partition coefficient (Wildman–Crippen LogP) is 5.53. The highest BCUT2D eigenvalue weighted by molar-refractivity contribution is 5.94. The van der Waals surface area contributed by atoms with Gasteiger partial charge < -0.3 is 10.2 Å². The van der Waals surface area contributed by atoms with E-state index in [0.29, 0.717) is 12.3 Å². The molecule has 0 aliphatic heterocycles. The molecule has 0 radical (unpaired) electrons. The van der Waals surface area contributed by atoms with Crippen LogP contribution in [0.3, 0.4) is 0 Å². The minimum absolute atomic E-state index is 0.0443. The average molecular weight is 425 g/mol. The lowest BCUT2D eigenvalue weighted by Gasteiger charge is -2.16. The molecule has 168 valence electrons. The van der Waals surface area contributed by atoms with Gasteiger partial charge in [0.05, 0.1) is 12.0 Å². The van der Waals surface area contributed by atoms with Crippen LogP contribution >= 0.6 is 0 Å². The molecule has 0 bridgehead atoms. The summed E-state index contributed by atoms with van der Waals surface area (Å²) >= 11 is 0. The number of ketones is 1. The third-order valence-corrected chi connectivity index (χ3v) is 7.01. The molecular formula is C27H36O4. The van der Waals surface area contributed by atoms with Gasteiger partial charge in [0.25, 0.3) is 0 Å². The van der Waals surface area contributed by atoms with Crippen LogP contribution in [0, 0.1) is 23.7 Å². The lowest BCUT2D eigenvalue weighted by molar-refractivity contribution is -0.139. The minimum Gasteiger partial charge on any atom is -0.481 e. The summed E-state index contributed by atoms with van der Waals surface area (Å²) in [4.78, 5) is 23.9. The Morgan fingerprint density at radius 2 is 1.94 bits per heavy atom. The van der Waals surface area contributed by atoms with Crippen molar-refractivity contribution in [2.45, 2.75) is 70.3 Å². The number of aliphatic hydroxyl groups excluding tert-OH is 1. The van der Waals surface area contributed by atoms with Crippen molar-refractivity contribution in [3.8, 4) is 0 Å². The number of carboxylic acid groups (broad SMARTS) is 1. The lowest BCUT2D eigenvalue weighted by Crippen LogP contribution is -2.15. The van der Waals surface area contributed by atoms with Gasteiger partial charge in [-0.1, -0.05) is 81.2 Å². The standard InChI is InChI=1S/C27H36O4/c1-2-19-17-22(19)18-23(28)15-13-21-14-16-26(29)24(21)11-7-4-8-12-25(27(30)31)20-9-5-3-6-10-20/h3,5-6,9-10,13-16,19,21-25,28H,2,4,7-8,11-12,17-18H2,1H3,(H,30,31)/b15-13+/t19?,21-,22?,23?,24+,25?/m0/s1. The van der Waals surface area contributed by atoms with E-state index in [1.165, 1.54) is 12.8 Å². The maximum absolute atomic E-state index is 12.3. The largest absolute Gasteiger partial charge is 0.481 e. The van der Waals surface area contributed by atoms with E-state index in [1.54, 1.807) is 6.08 Å². The number of allylic oxidation sites excluding steroid dienone is 3. The molecule has 2 aliphatic carbocycles. The Labute approximate surface area is 186 Å². The number of hydrogen-bond donors (Lipinski definition) is 2. The number of hydrogen-bond acceptors (Lipinski definition) is 3. The van der Waals surface area contributed by atoms with E-state index in [2.05, 4.69) is 6.92 Å². The minimum atomic E-state index is -0.776. The van der Waals surface area contributed by atoms with Crippen molar-refractivity contribution in [1.82, 2.24) is 0 Å². The number of carbonyl (C=O) groups excluding carboxylic acids is 1. The van der Waals surface area contributed by atoms with Crippen molar-refractivity contribution in [3.05, 3.63) is 60.2 Å². The highest BCUT2D eigenvalue weighted by Crippen LogP contribution is 2.44. The zero-order chi connectivity index (χ0) is 22.2. The predicted molar refractivity (Wildman–Crippen MR) is 123 cm³/mol. The van der Waals surface area contributed by atoms with Gasteiger partial charge in [0, 0.05) is 11.8 Å². The van der Waals surface area contributed by atoms with Crippen LogP contribution in [0.15, 0.2) is 54.6 Å². The molecule has 0 amide bonds. The summed E-state index contributed by atoms with van der Waals surface area (Å²) in [5.74, 6) is 0.397. The molecule has 0 spiro atoms. The number of aliphatic carboxylic acids is 1. The van der Waals surface area contributed by atoms with Crippen LogP contribution < -0.4 is 0 Å². The molecule has 4 unspecified atom stereocenters. The first-order valence-corrected chi connectivity index (χ1v) is 11.9. The molecule has 31 heavy (non-hydrogen) atoms. The first kappa shape index (κ1) is 23.5. The number of carbonyl (C=O) groups is 2. The van der Waals surface area contributed by atoms with Gasteiger partial charge in [-0.2, -0.15) is 0 Å². The van der Waals surface area contributed by atoms with Gasteiger partial charge in [-0.15, -0.1) is 0 Å². The van der Waals surface area contributed by atoms with E-state index in [4.69, 9.17) is 0 Å². The summed E-state index contributed by atoms with van der Waals surface area (Å²) in [6.07, 6.45) is 14.4. The Bertz CT molecular complexity index is 782. The first-order valence-electron chi connectivity index (χ1n) is 11.9. The van der Waals surface area contributed by atoms with Crippen molar-refractivity contribution in [2.24, 2.45) is 23.7 Å². The van der Waals surface area contributed by atoms with Crippen LogP contribution in [0.25, 0.3) is 0 Å². The summed E-state index contributed by atoms with van der Waals surface area (Å²) in [6.45, 7) is 2.20. The van der Waals surface area contributed by atoms with E-state index in [9.17, 15) is 19.8 Å². The Kier molecular flexibility index (Phi) is 8.65. The molecule has 2 aliphatic rings. The Morgan fingerprint density at radius 3 is 2.61 bits per heavy atom. The van der Waals surface area contributed by atoms with Crippen LogP contribution in [-0.2, 0) is 9.59 Å². The summed E-state index contributed by atoms with van der Waals surface area (Å²) in [5, 5.41) is 19.8. The van der Waals surface area contributed by atoms with Gasteiger partial charge in [0.15, 0.2) is 5.78 Å². The van der Waals surface area contributed by atoms with Crippen molar-refractivity contribution in [2.75, 3.05) is 0 Å². The molecule has 1 saturated carbocycles. The third kappa shape index (κ3) is 6.90. The van der Waals surface area contributed by atoms with Crippen molar-refractivity contribution in [1.29, 1.82) is 0 Å². The van der Waals surface area contributed by atoms with Crippen LogP contribution in [-0.4, -0.2) is 28.1 Å². The molecule has 4 nitrogen and oxygen atoms in total. The lowest BCUT2D eigenvalue weighted by atomic mass is 9.87. The van der Waals surface area contributed by atoms with Crippen molar-refractivity contribution < 1.29 is 19.8 Å². The Morgan fingerprint density at radius 1 is 1.16 bits per heavy atom. The van der Waals surface area contributed by atoms with E-state index < -0.39 is 18.0 Å². The van der Waals surface area contributed by atoms with Gasteiger partial charge in [0.2, 0.25) is 0 Å². The molecule has 1 aromatic carbocycles. The summed E-state index contributed by atoms with van der Waals surface area (Å²) in [5.41, 5.74) is 0.852. The van der Waals surface area contributed by atoms with Gasteiger partial charge >= 0.3 is 5.97 Å². The highest BCUT2D eigenvalue weighted by atomic mass is 16.4. The molecule has 4 heteroatoms. The number of benzene rings is 1. The zero-order valence-electron chi connectivity index (χ0n) is 18.5. The molecular weight excluding hydrogens is 388 g/mol.